The number of ether oxygens (including phenoxy) is 3. The van der Waals surface area contributed by atoms with Gasteiger partial charge >= 0.3 is 6.18 Å². The molecule has 1 N–H and O–H groups in total. The summed E-state index contributed by atoms with van der Waals surface area (Å²) in [4.78, 5) is 16.0. The SMILES string of the molecule is C=Nc1cc(CNc2nc(C)nc3cc(OC)c(OC(COC)C(C)C)cc23)cc(C(F)(F)F)n1. The smallest absolute Gasteiger partial charge is 0.433 e. The molecule has 3 aromatic rings. The van der Waals surface area contributed by atoms with Gasteiger partial charge < -0.3 is 19.5 Å². The minimum Gasteiger partial charge on any atom is -0.493 e. The number of fused-ring (bicyclic) bond motifs is 1. The van der Waals surface area contributed by atoms with E-state index in [1.165, 1.54) is 13.2 Å². The predicted molar refractivity (Wildman–Crippen MR) is 128 cm³/mol. The molecule has 0 aliphatic heterocycles. The van der Waals surface area contributed by atoms with Crippen molar-refractivity contribution in [3.63, 3.8) is 0 Å². The number of methoxy groups -OCH3 is 2. The van der Waals surface area contributed by atoms with E-state index in [4.69, 9.17) is 14.2 Å². The van der Waals surface area contributed by atoms with E-state index >= 15 is 0 Å². The lowest BCUT2D eigenvalue weighted by atomic mass is 10.1. The summed E-state index contributed by atoms with van der Waals surface area (Å²) in [6.45, 7) is 9.48. The first kappa shape index (κ1) is 26.1. The normalized spacial score (nSPS) is 12.6. The second kappa shape index (κ2) is 10.9. The van der Waals surface area contributed by atoms with Gasteiger partial charge in [-0.3, -0.25) is 0 Å². The largest absolute Gasteiger partial charge is 0.493 e. The van der Waals surface area contributed by atoms with E-state index in [0.717, 1.165) is 6.07 Å². The maximum atomic E-state index is 13.2. The number of alkyl halides is 3. The molecule has 188 valence electrons. The summed E-state index contributed by atoms with van der Waals surface area (Å²) in [5.41, 5.74) is -0.124. The molecule has 0 amide bonds. The van der Waals surface area contributed by atoms with Gasteiger partial charge in [0.15, 0.2) is 17.3 Å². The van der Waals surface area contributed by atoms with Crippen LogP contribution in [-0.4, -0.2) is 48.6 Å². The second-order valence-electron chi connectivity index (χ2n) is 8.22. The third kappa shape index (κ3) is 6.36. The van der Waals surface area contributed by atoms with Crippen molar-refractivity contribution in [1.82, 2.24) is 15.0 Å². The summed E-state index contributed by atoms with van der Waals surface area (Å²) in [7, 11) is 3.14. The van der Waals surface area contributed by atoms with Gasteiger partial charge in [0.1, 0.15) is 23.4 Å². The minimum atomic E-state index is -4.61. The Bertz CT molecular complexity index is 1200. The fourth-order valence-electron chi connectivity index (χ4n) is 3.41. The Hall–Kier alpha value is -3.47. The molecule has 35 heavy (non-hydrogen) atoms. The number of hydrogen-bond acceptors (Lipinski definition) is 8. The van der Waals surface area contributed by atoms with Gasteiger partial charge in [0.25, 0.3) is 0 Å². The zero-order valence-electron chi connectivity index (χ0n) is 20.2. The predicted octanol–water partition coefficient (Wildman–Crippen LogP) is 5.35. The fourth-order valence-corrected chi connectivity index (χ4v) is 3.41. The van der Waals surface area contributed by atoms with Crippen molar-refractivity contribution in [1.29, 1.82) is 0 Å². The van der Waals surface area contributed by atoms with Gasteiger partial charge in [0.2, 0.25) is 0 Å². The lowest BCUT2D eigenvalue weighted by Crippen LogP contribution is -2.28. The Morgan fingerprint density at radius 3 is 2.40 bits per heavy atom. The molecule has 8 nitrogen and oxygen atoms in total. The summed E-state index contributed by atoms with van der Waals surface area (Å²) >= 11 is 0. The van der Waals surface area contributed by atoms with Crippen molar-refractivity contribution in [3.05, 3.63) is 41.3 Å². The number of anilines is 1. The van der Waals surface area contributed by atoms with Crippen LogP contribution < -0.4 is 14.8 Å². The Kier molecular flexibility index (Phi) is 8.11. The van der Waals surface area contributed by atoms with Crippen molar-refractivity contribution in [2.75, 3.05) is 26.1 Å². The molecule has 0 fully saturated rings. The van der Waals surface area contributed by atoms with Gasteiger partial charge in [-0.2, -0.15) is 13.2 Å². The molecule has 0 aliphatic rings. The number of aryl methyl sites for hydroxylation is 1. The second-order valence-corrected chi connectivity index (χ2v) is 8.22. The van der Waals surface area contributed by atoms with Crippen LogP contribution >= 0.6 is 0 Å². The summed E-state index contributed by atoms with van der Waals surface area (Å²) < 4.78 is 56.7. The number of nitrogens with one attached hydrogen (secondary N) is 1. The first-order chi connectivity index (χ1) is 16.5. The maximum absolute atomic E-state index is 13.2. The van der Waals surface area contributed by atoms with Crippen LogP contribution in [0.15, 0.2) is 29.3 Å². The van der Waals surface area contributed by atoms with Gasteiger partial charge in [-0.05, 0) is 43.3 Å². The summed E-state index contributed by atoms with van der Waals surface area (Å²) in [5.74, 6) is 1.95. The van der Waals surface area contributed by atoms with Crippen LogP contribution in [0, 0.1) is 12.8 Å². The molecule has 1 atom stereocenters. The van der Waals surface area contributed by atoms with Gasteiger partial charge in [-0.15, -0.1) is 0 Å². The van der Waals surface area contributed by atoms with E-state index in [1.807, 2.05) is 13.8 Å². The van der Waals surface area contributed by atoms with Crippen LogP contribution in [0.25, 0.3) is 10.9 Å². The molecule has 1 aromatic carbocycles. The third-order valence-corrected chi connectivity index (χ3v) is 5.23. The van der Waals surface area contributed by atoms with Crippen molar-refractivity contribution < 1.29 is 27.4 Å². The average molecular weight is 492 g/mol. The van der Waals surface area contributed by atoms with Crippen LogP contribution in [0.3, 0.4) is 0 Å². The summed E-state index contributed by atoms with van der Waals surface area (Å²) in [6.07, 6.45) is -4.83. The first-order valence-corrected chi connectivity index (χ1v) is 10.9. The van der Waals surface area contributed by atoms with Crippen LogP contribution in [0.4, 0.5) is 24.8 Å². The minimum absolute atomic E-state index is 0.0419. The molecular weight excluding hydrogens is 463 g/mol. The van der Waals surface area contributed by atoms with Crippen molar-refractivity contribution in [2.45, 2.75) is 39.6 Å². The van der Waals surface area contributed by atoms with E-state index in [1.54, 1.807) is 26.2 Å². The molecule has 0 bridgehead atoms. The highest BCUT2D eigenvalue weighted by atomic mass is 19.4. The number of benzene rings is 1. The summed E-state index contributed by atoms with van der Waals surface area (Å²) in [6, 6.07) is 5.89. The third-order valence-electron chi connectivity index (χ3n) is 5.23. The number of halogens is 3. The average Bonchev–Trinajstić information content (AvgIpc) is 2.81. The van der Waals surface area contributed by atoms with Crippen LogP contribution in [0.2, 0.25) is 0 Å². The zero-order valence-corrected chi connectivity index (χ0v) is 20.2. The van der Waals surface area contributed by atoms with Crippen molar-refractivity contribution in [3.8, 4) is 11.5 Å². The standard InChI is InChI=1S/C24H28F3N5O3/c1-13(2)20(12-33-5)35-19-9-16-17(10-18(19)34-6)30-14(3)31-23(16)29-11-15-7-21(24(25,26)27)32-22(8-15)28-4/h7-10,13,20H,4,11-12H2,1-3,5-6H3,(H,29,30,31). The van der Waals surface area contributed by atoms with Crippen LogP contribution in [-0.2, 0) is 17.5 Å². The highest BCUT2D eigenvalue weighted by molar-refractivity contribution is 5.91. The van der Waals surface area contributed by atoms with Gasteiger partial charge in [-0.1, -0.05) is 13.8 Å². The van der Waals surface area contributed by atoms with Gasteiger partial charge in [0.05, 0.1) is 19.2 Å². The molecule has 0 aliphatic carbocycles. The van der Waals surface area contributed by atoms with E-state index in [9.17, 15) is 13.2 Å². The molecular formula is C24H28F3N5O3. The van der Waals surface area contributed by atoms with Crippen LogP contribution in [0.5, 0.6) is 11.5 Å². The summed E-state index contributed by atoms with van der Waals surface area (Å²) in [5, 5.41) is 3.73. The molecule has 0 spiro atoms. The number of rotatable bonds is 10. The Balaban J connectivity index is 2.00. The quantitative estimate of drug-likeness (QED) is 0.382. The van der Waals surface area contributed by atoms with Crippen molar-refractivity contribution >= 4 is 29.3 Å². The highest BCUT2D eigenvalue weighted by Crippen LogP contribution is 2.36. The first-order valence-electron chi connectivity index (χ1n) is 10.9. The molecule has 2 aromatic heterocycles. The number of aromatic nitrogens is 3. The molecule has 0 radical (unpaired) electrons. The van der Waals surface area contributed by atoms with Crippen LogP contribution in [0.1, 0.15) is 30.9 Å². The zero-order chi connectivity index (χ0) is 25.8. The van der Waals surface area contributed by atoms with Crippen molar-refractivity contribution in [2.24, 2.45) is 10.9 Å². The lowest BCUT2D eigenvalue weighted by molar-refractivity contribution is -0.141. The Morgan fingerprint density at radius 1 is 1.06 bits per heavy atom. The number of hydrogen-bond donors (Lipinski definition) is 1. The lowest BCUT2D eigenvalue weighted by Gasteiger charge is -2.23. The Morgan fingerprint density at radius 2 is 1.80 bits per heavy atom. The fraction of sp³-hybridized carbons (Fsp3) is 0.417. The van der Waals surface area contributed by atoms with E-state index < -0.39 is 11.9 Å². The van der Waals surface area contributed by atoms with E-state index in [0.29, 0.717) is 46.2 Å². The van der Waals surface area contributed by atoms with Gasteiger partial charge in [-0.25, -0.2) is 19.9 Å². The number of aliphatic imine (C=N–C) groups is 1. The molecule has 11 heteroatoms. The van der Waals surface area contributed by atoms with Gasteiger partial charge in [0, 0.05) is 25.1 Å². The molecule has 2 heterocycles. The molecule has 0 saturated carbocycles. The Labute approximate surface area is 201 Å². The molecule has 1 unspecified atom stereocenters. The number of pyridine rings is 1. The molecule has 3 rings (SSSR count). The number of nitrogens with zero attached hydrogens (tertiary/aromatic N) is 4. The highest BCUT2D eigenvalue weighted by Gasteiger charge is 2.33. The monoisotopic (exact) mass is 491 g/mol. The maximum Gasteiger partial charge on any atom is 0.433 e. The molecule has 0 saturated heterocycles. The van der Waals surface area contributed by atoms with E-state index in [2.05, 4.69) is 32.0 Å². The topological polar surface area (TPSA) is 90.8 Å². The van der Waals surface area contributed by atoms with E-state index in [-0.39, 0.29) is 24.4 Å².